The van der Waals surface area contributed by atoms with Gasteiger partial charge in [-0.3, -0.25) is 10.2 Å². The van der Waals surface area contributed by atoms with Gasteiger partial charge in [0.15, 0.2) is 0 Å². The predicted molar refractivity (Wildman–Crippen MR) is 72.7 cm³/mol. The third-order valence-corrected chi connectivity index (χ3v) is 2.89. The number of amides is 1. The summed E-state index contributed by atoms with van der Waals surface area (Å²) in [6.45, 7) is 0.190. The molecule has 0 aliphatic heterocycles. The van der Waals surface area contributed by atoms with Gasteiger partial charge >= 0.3 is 0 Å². The molecule has 0 fully saturated rings. The molecular formula is C13H12N6O2. The summed E-state index contributed by atoms with van der Waals surface area (Å²) < 4.78 is 5.26. The molecule has 0 radical (unpaired) electrons. The number of furan rings is 1. The van der Waals surface area contributed by atoms with E-state index in [1.807, 2.05) is 30.3 Å². The molecule has 1 aromatic carbocycles. The van der Waals surface area contributed by atoms with Gasteiger partial charge in [0, 0.05) is 5.56 Å². The largest absolute Gasteiger partial charge is 0.466 e. The maximum atomic E-state index is 11.6. The molecule has 0 bridgehead atoms. The molecule has 0 unspecified atom stereocenters. The summed E-state index contributed by atoms with van der Waals surface area (Å²) in [6, 6.07) is 11.0. The Morgan fingerprint density at radius 1 is 1.29 bits per heavy atom. The van der Waals surface area contributed by atoms with Crippen LogP contribution in [0.15, 0.2) is 47.1 Å². The summed E-state index contributed by atoms with van der Waals surface area (Å²) in [5.74, 6) is 5.60. The Bertz CT molecular complexity index is 749. The van der Waals surface area contributed by atoms with E-state index in [1.165, 1.54) is 17.1 Å². The van der Waals surface area contributed by atoms with E-state index in [0.717, 1.165) is 5.56 Å². The fourth-order valence-corrected chi connectivity index (χ4v) is 1.88. The number of aromatic nitrogens is 4. The molecular weight excluding hydrogens is 272 g/mol. The van der Waals surface area contributed by atoms with Crippen LogP contribution in [-0.4, -0.2) is 26.1 Å². The number of hydrogen-bond acceptors (Lipinski definition) is 6. The topological polar surface area (TPSA) is 112 Å². The van der Waals surface area contributed by atoms with Gasteiger partial charge in [-0.1, -0.05) is 30.3 Å². The standard InChI is InChI=1S/C13H12N6O2/c14-15-13(20)10-6-7-21-11(10)8-19-17-12(16-18-19)9-4-2-1-3-5-9/h1-7H,8,14H2,(H,15,20). The van der Waals surface area contributed by atoms with E-state index in [9.17, 15) is 4.79 Å². The number of nitrogens with two attached hydrogens (primary N) is 1. The lowest BCUT2D eigenvalue weighted by atomic mass is 10.2. The number of nitrogens with zero attached hydrogens (tertiary/aromatic N) is 4. The lowest BCUT2D eigenvalue weighted by molar-refractivity contribution is 0.0951. The number of nitrogen functional groups attached to an aromatic ring is 1. The number of carbonyl (C=O) groups is 1. The van der Waals surface area contributed by atoms with Gasteiger partial charge in [-0.05, 0) is 11.3 Å². The zero-order valence-corrected chi connectivity index (χ0v) is 10.9. The smallest absolute Gasteiger partial charge is 0.268 e. The second kappa shape index (κ2) is 5.55. The first-order valence-corrected chi connectivity index (χ1v) is 6.18. The first-order valence-electron chi connectivity index (χ1n) is 6.18. The summed E-state index contributed by atoms with van der Waals surface area (Å²) in [5, 5.41) is 12.2. The van der Waals surface area contributed by atoms with Crippen LogP contribution in [0.3, 0.4) is 0 Å². The molecule has 3 aromatic rings. The molecule has 0 atom stereocenters. The van der Waals surface area contributed by atoms with Crippen molar-refractivity contribution in [2.24, 2.45) is 5.84 Å². The molecule has 3 N–H and O–H groups in total. The van der Waals surface area contributed by atoms with E-state index in [2.05, 4.69) is 20.8 Å². The van der Waals surface area contributed by atoms with E-state index >= 15 is 0 Å². The van der Waals surface area contributed by atoms with E-state index < -0.39 is 5.91 Å². The van der Waals surface area contributed by atoms with Gasteiger partial charge in [0.25, 0.3) is 5.91 Å². The van der Waals surface area contributed by atoms with Crippen LogP contribution in [0.4, 0.5) is 0 Å². The number of carbonyl (C=O) groups excluding carboxylic acids is 1. The maximum absolute atomic E-state index is 11.6. The Morgan fingerprint density at radius 2 is 2.10 bits per heavy atom. The summed E-state index contributed by atoms with van der Waals surface area (Å²) in [5.41, 5.74) is 3.27. The molecule has 0 saturated heterocycles. The van der Waals surface area contributed by atoms with Crippen molar-refractivity contribution in [3.8, 4) is 11.4 Å². The van der Waals surface area contributed by atoms with Gasteiger partial charge in [0.1, 0.15) is 12.3 Å². The molecule has 21 heavy (non-hydrogen) atoms. The number of tetrazole rings is 1. The third kappa shape index (κ3) is 2.65. The molecule has 3 rings (SSSR count). The van der Waals surface area contributed by atoms with E-state index in [4.69, 9.17) is 10.3 Å². The molecule has 0 aliphatic rings. The first-order chi connectivity index (χ1) is 10.3. The zero-order chi connectivity index (χ0) is 14.7. The Hall–Kier alpha value is -3.00. The molecule has 0 aliphatic carbocycles. The van der Waals surface area contributed by atoms with Crippen LogP contribution in [0.2, 0.25) is 0 Å². The number of hydrazine groups is 1. The Kier molecular flexibility index (Phi) is 3.44. The quantitative estimate of drug-likeness (QED) is 0.412. The van der Waals surface area contributed by atoms with Crippen LogP contribution in [0.1, 0.15) is 16.1 Å². The lowest BCUT2D eigenvalue weighted by Gasteiger charge is -2.00. The zero-order valence-electron chi connectivity index (χ0n) is 10.9. The fourth-order valence-electron chi connectivity index (χ4n) is 1.88. The average molecular weight is 284 g/mol. The Labute approximate surface area is 119 Å². The molecule has 8 nitrogen and oxygen atoms in total. The normalized spacial score (nSPS) is 10.5. The lowest BCUT2D eigenvalue weighted by Crippen LogP contribution is -2.30. The predicted octanol–water partition coefficient (Wildman–Crippen LogP) is 0.585. The van der Waals surface area contributed by atoms with E-state index in [0.29, 0.717) is 17.1 Å². The SMILES string of the molecule is NNC(=O)c1ccoc1Cn1nnc(-c2ccccc2)n1. The Balaban J connectivity index is 1.82. The summed E-state index contributed by atoms with van der Waals surface area (Å²) in [6.07, 6.45) is 1.41. The van der Waals surface area contributed by atoms with Crippen LogP contribution in [-0.2, 0) is 6.54 Å². The second-order valence-corrected chi connectivity index (χ2v) is 4.24. The van der Waals surface area contributed by atoms with Crippen molar-refractivity contribution in [1.82, 2.24) is 25.6 Å². The molecule has 0 spiro atoms. The minimum absolute atomic E-state index is 0.190. The van der Waals surface area contributed by atoms with Crippen LogP contribution in [0, 0.1) is 0 Å². The minimum atomic E-state index is -0.429. The minimum Gasteiger partial charge on any atom is -0.466 e. The summed E-state index contributed by atoms with van der Waals surface area (Å²) in [4.78, 5) is 12.9. The summed E-state index contributed by atoms with van der Waals surface area (Å²) >= 11 is 0. The van der Waals surface area contributed by atoms with Crippen LogP contribution < -0.4 is 11.3 Å². The molecule has 0 saturated carbocycles. The summed E-state index contributed by atoms with van der Waals surface area (Å²) in [7, 11) is 0. The van der Waals surface area contributed by atoms with Crippen molar-refractivity contribution in [2.75, 3.05) is 0 Å². The highest BCUT2D eigenvalue weighted by molar-refractivity contribution is 5.94. The van der Waals surface area contributed by atoms with Crippen LogP contribution >= 0.6 is 0 Å². The number of hydrogen-bond donors (Lipinski definition) is 2. The van der Waals surface area contributed by atoms with Gasteiger partial charge in [-0.2, -0.15) is 4.80 Å². The molecule has 2 aromatic heterocycles. The highest BCUT2D eigenvalue weighted by Gasteiger charge is 2.15. The number of benzene rings is 1. The van der Waals surface area contributed by atoms with Gasteiger partial charge in [-0.25, -0.2) is 5.84 Å². The Morgan fingerprint density at radius 3 is 2.86 bits per heavy atom. The van der Waals surface area contributed by atoms with Crippen molar-refractivity contribution >= 4 is 5.91 Å². The van der Waals surface area contributed by atoms with Crippen molar-refractivity contribution in [3.05, 3.63) is 54.0 Å². The van der Waals surface area contributed by atoms with Crippen molar-refractivity contribution in [2.45, 2.75) is 6.54 Å². The van der Waals surface area contributed by atoms with Crippen molar-refractivity contribution < 1.29 is 9.21 Å². The number of nitrogens with one attached hydrogen (secondary N) is 1. The van der Waals surface area contributed by atoms with Crippen LogP contribution in [0.5, 0.6) is 0 Å². The van der Waals surface area contributed by atoms with E-state index in [1.54, 1.807) is 0 Å². The molecule has 2 heterocycles. The van der Waals surface area contributed by atoms with Gasteiger partial charge in [-0.15, -0.1) is 10.2 Å². The fraction of sp³-hybridized carbons (Fsp3) is 0.0769. The average Bonchev–Trinajstić information content (AvgIpc) is 3.17. The highest BCUT2D eigenvalue weighted by Crippen LogP contribution is 2.14. The number of rotatable bonds is 4. The van der Waals surface area contributed by atoms with Gasteiger partial charge < -0.3 is 4.42 Å². The molecule has 8 heteroatoms. The van der Waals surface area contributed by atoms with Gasteiger partial charge in [0.2, 0.25) is 5.82 Å². The van der Waals surface area contributed by atoms with Crippen molar-refractivity contribution in [3.63, 3.8) is 0 Å². The molecule has 1 amide bonds. The van der Waals surface area contributed by atoms with E-state index in [-0.39, 0.29) is 6.54 Å². The maximum Gasteiger partial charge on any atom is 0.268 e. The monoisotopic (exact) mass is 284 g/mol. The van der Waals surface area contributed by atoms with Gasteiger partial charge in [0.05, 0.1) is 11.8 Å². The second-order valence-electron chi connectivity index (χ2n) is 4.24. The first kappa shape index (κ1) is 13.0. The van der Waals surface area contributed by atoms with Crippen molar-refractivity contribution in [1.29, 1.82) is 0 Å². The third-order valence-electron chi connectivity index (χ3n) is 2.89. The van der Waals surface area contributed by atoms with Crippen LogP contribution in [0.25, 0.3) is 11.4 Å². The molecule has 106 valence electrons. The highest BCUT2D eigenvalue weighted by atomic mass is 16.3.